The van der Waals surface area contributed by atoms with Crippen LogP contribution in [0.3, 0.4) is 0 Å². The van der Waals surface area contributed by atoms with Crippen molar-refractivity contribution in [1.29, 1.82) is 0 Å². The van der Waals surface area contributed by atoms with E-state index in [4.69, 9.17) is 14.2 Å². The number of esters is 1. The van der Waals surface area contributed by atoms with Gasteiger partial charge >= 0.3 is 5.97 Å². The summed E-state index contributed by atoms with van der Waals surface area (Å²) in [6.45, 7) is 2.14. The third-order valence-corrected chi connectivity index (χ3v) is 2.35. The highest BCUT2D eigenvalue weighted by atomic mass is 16.5. The zero-order valence-corrected chi connectivity index (χ0v) is 11.4. The number of allylic oxidation sites excluding steroid dienone is 2. The number of hydrogen-bond donors (Lipinski definition) is 0. The van der Waals surface area contributed by atoms with Crippen LogP contribution in [0.1, 0.15) is 12.5 Å². The van der Waals surface area contributed by atoms with Crippen LogP contribution in [0.4, 0.5) is 0 Å². The van der Waals surface area contributed by atoms with Crippen LogP contribution in [-0.2, 0) is 9.53 Å². The third-order valence-electron chi connectivity index (χ3n) is 2.35. The van der Waals surface area contributed by atoms with Gasteiger partial charge in [-0.05, 0) is 19.1 Å². The summed E-state index contributed by atoms with van der Waals surface area (Å²) in [5, 5.41) is 0. The Hall–Kier alpha value is -2.23. The third kappa shape index (κ3) is 4.87. The summed E-state index contributed by atoms with van der Waals surface area (Å²) < 4.78 is 15.1. The summed E-state index contributed by atoms with van der Waals surface area (Å²) in [5.41, 5.74) is 0.900. The summed E-state index contributed by atoms with van der Waals surface area (Å²) in [7, 11) is 3.20. The van der Waals surface area contributed by atoms with E-state index in [0.717, 1.165) is 11.3 Å². The highest BCUT2D eigenvalue weighted by Crippen LogP contribution is 2.25. The molecule has 0 aliphatic heterocycles. The van der Waals surface area contributed by atoms with Gasteiger partial charge in [0.2, 0.25) is 0 Å². The molecule has 1 rings (SSSR count). The van der Waals surface area contributed by atoms with E-state index in [-0.39, 0.29) is 5.97 Å². The fourth-order valence-corrected chi connectivity index (χ4v) is 1.44. The molecule has 19 heavy (non-hydrogen) atoms. The lowest BCUT2D eigenvalue weighted by molar-refractivity contribution is -0.137. The molecule has 0 aromatic heterocycles. The van der Waals surface area contributed by atoms with Crippen molar-refractivity contribution in [1.82, 2.24) is 0 Å². The van der Waals surface area contributed by atoms with Crippen LogP contribution in [0.25, 0.3) is 6.08 Å². The van der Waals surface area contributed by atoms with E-state index in [1.807, 2.05) is 18.2 Å². The van der Waals surface area contributed by atoms with Crippen LogP contribution in [0, 0.1) is 0 Å². The summed E-state index contributed by atoms with van der Waals surface area (Å²) in [6.07, 6.45) is 6.59. The lowest BCUT2D eigenvalue weighted by Gasteiger charge is -2.06. The van der Waals surface area contributed by atoms with Gasteiger partial charge in [0.25, 0.3) is 0 Å². The van der Waals surface area contributed by atoms with Crippen LogP contribution in [0.2, 0.25) is 0 Å². The van der Waals surface area contributed by atoms with Gasteiger partial charge in [0.15, 0.2) is 0 Å². The Morgan fingerprint density at radius 2 is 2.00 bits per heavy atom. The molecule has 0 heterocycles. The average Bonchev–Trinajstić information content (AvgIpc) is 2.44. The van der Waals surface area contributed by atoms with Crippen molar-refractivity contribution in [2.75, 3.05) is 20.8 Å². The molecule has 0 aliphatic carbocycles. The zero-order chi connectivity index (χ0) is 14.1. The molecule has 4 heteroatoms. The van der Waals surface area contributed by atoms with E-state index in [2.05, 4.69) is 0 Å². The zero-order valence-electron chi connectivity index (χ0n) is 11.4. The molecule has 0 bridgehead atoms. The van der Waals surface area contributed by atoms with Crippen molar-refractivity contribution in [3.05, 3.63) is 42.0 Å². The van der Waals surface area contributed by atoms with E-state index in [9.17, 15) is 4.79 Å². The maximum atomic E-state index is 11.1. The van der Waals surface area contributed by atoms with Crippen LogP contribution in [0.15, 0.2) is 36.4 Å². The Labute approximate surface area is 113 Å². The smallest absolute Gasteiger partial charge is 0.330 e. The maximum Gasteiger partial charge on any atom is 0.330 e. The van der Waals surface area contributed by atoms with E-state index >= 15 is 0 Å². The average molecular weight is 262 g/mol. The predicted molar refractivity (Wildman–Crippen MR) is 74.4 cm³/mol. The molecule has 0 fully saturated rings. The van der Waals surface area contributed by atoms with Gasteiger partial charge in [0.05, 0.1) is 20.8 Å². The molecule has 0 unspecified atom stereocenters. The van der Waals surface area contributed by atoms with E-state index in [1.165, 1.54) is 6.08 Å². The maximum absolute atomic E-state index is 11.1. The van der Waals surface area contributed by atoms with Crippen molar-refractivity contribution in [3.8, 4) is 11.5 Å². The van der Waals surface area contributed by atoms with E-state index in [0.29, 0.717) is 12.4 Å². The Kier molecular flexibility index (Phi) is 6.22. The lowest BCUT2D eigenvalue weighted by Crippen LogP contribution is -1.98. The van der Waals surface area contributed by atoms with Crippen molar-refractivity contribution < 1.29 is 19.0 Å². The minimum Gasteiger partial charge on any atom is -0.497 e. The quantitative estimate of drug-likeness (QED) is 0.449. The summed E-state index contributed by atoms with van der Waals surface area (Å²) in [4.78, 5) is 11.1. The first-order valence-corrected chi connectivity index (χ1v) is 5.94. The van der Waals surface area contributed by atoms with Crippen molar-refractivity contribution >= 4 is 12.0 Å². The monoisotopic (exact) mass is 262 g/mol. The number of methoxy groups -OCH3 is 2. The Morgan fingerprint density at radius 1 is 1.21 bits per heavy atom. The van der Waals surface area contributed by atoms with Crippen LogP contribution < -0.4 is 9.47 Å². The number of carbonyl (C=O) groups is 1. The van der Waals surface area contributed by atoms with Gasteiger partial charge in [-0.2, -0.15) is 0 Å². The first kappa shape index (κ1) is 14.8. The van der Waals surface area contributed by atoms with E-state index < -0.39 is 0 Å². The number of rotatable bonds is 6. The Bertz CT molecular complexity index is 475. The molecule has 0 amide bonds. The summed E-state index contributed by atoms with van der Waals surface area (Å²) in [6, 6.07) is 5.53. The highest BCUT2D eigenvalue weighted by molar-refractivity contribution is 5.82. The van der Waals surface area contributed by atoms with Gasteiger partial charge in [-0.25, -0.2) is 4.79 Å². The summed E-state index contributed by atoms with van der Waals surface area (Å²) >= 11 is 0. The van der Waals surface area contributed by atoms with Gasteiger partial charge in [-0.15, -0.1) is 0 Å². The van der Waals surface area contributed by atoms with Gasteiger partial charge in [-0.1, -0.05) is 18.2 Å². The van der Waals surface area contributed by atoms with Crippen LogP contribution in [0.5, 0.6) is 11.5 Å². The van der Waals surface area contributed by atoms with Gasteiger partial charge in [-0.3, -0.25) is 0 Å². The first-order chi connectivity index (χ1) is 9.21. The molecule has 1 aromatic rings. The Balaban J connectivity index is 2.73. The molecule has 0 spiro atoms. The molecule has 4 nitrogen and oxygen atoms in total. The fraction of sp³-hybridized carbons (Fsp3) is 0.267. The molecule has 0 N–H and O–H groups in total. The molecule has 0 atom stereocenters. The van der Waals surface area contributed by atoms with E-state index in [1.54, 1.807) is 39.4 Å². The van der Waals surface area contributed by atoms with Crippen LogP contribution in [-0.4, -0.2) is 26.8 Å². The second-order valence-electron chi connectivity index (χ2n) is 3.58. The topological polar surface area (TPSA) is 44.8 Å². The van der Waals surface area contributed by atoms with Crippen molar-refractivity contribution in [2.45, 2.75) is 6.92 Å². The van der Waals surface area contributed by atoms with Gasteiger partial charge in [0, 0.05) is 17.7 Å². The largest absolute Gasteiger partial charge is 0.497 e. The predicted octanol–water partition coefficient (Wildman–Crippen LogP) is 2.84. The number of carbonyl (C=O) groups excluding carboxylic acids is 1. The van der Waals surface area contributed by atoms with Crippen molar-refractivity contribution in [3.63, 3.8) is 0 Å². The van der Waals surface area contributed by atoms with Gasteiger partial charge < -0.3 is 14.2 Å². The normalized spacial score (nSPS) is 10.9. The minimum absolute atomic E-state index is 0.353. The SMILES string of the molecule is CCOC(=O)/C=C/C=C/c1ccc(OC)cc1OC. The molecule has 1 aromatic carbocycles. The molecule has 0 saturated heterocycles. The molecular formula is C15H18O4. The van der Waals surface area contributed by atoms with Crippen molar-refractivity contribution in [2.24, 2.45) is 0 Å². The molecule has 0 aliphatic rings. The molecular weight excluding hydrogens is 244 g/mol. The Morgan fingerprint density at radius 3 is 2.63 bits per heavy atom. The second-order valence-corrected chi connectivity index (χ2v) is 3.58. The minimum atomic E-state index is -0.353. The second kappa shape index (κ2) is 7.97. The number of ether oxygens (including phenoxy) is 3. The molecule has 102 valence electrons. The highest BCUT2D eigenvalue weighted by Gasteiger charge is 2.01. The van der Waals surface area contributed by atoms with Gasteiger partial charge in [0.1, 0.15) is 11.5 Å². The molecule has 0 radical (unpaired) electrons. The number of hydrogen-bond acceptors (Lipinski definition) is 4. The summed E-state index contributed by atoms with van der Waals surface area (Å²) in [5.74, 6) is 1.09. The fourth-order valence-electron chi connectivity index (χ4n) is 1.44. The lowest BCUT2D eigenvalue weighted by atomic mass is 10.1. The first-order valence-electron chi connectivity index (χ1n) is 5.94. The standard InChI is InChI=1S/C15H18O4/c1-4-19-15(16)8-6-5-7-12-9-10-13(17-2)11-14(12)18-3/h5-11H,4H2,1-3H3/b7-5+,8-6+. The molecule has 0 saturated carbocycles. The number of benzene rings is 1. The van der Waals surface area contributed by atoms with Crippen LogP contribution >= 0.6 is 0 Å².